The van der Waals surface area contributed by atoms with Crippen LogP contribution in [0.25, 0.3) is 0 Å². The van der Waals surface area contributed by atoms with Crippen molar-refractivity contribution >= 4 is 11.9 Å². The van der Waals surface area contributed by atoms with Gasteiger partial charge in [0.25, 0.3) is 0 Å². The second-order valence-corrected chi connectivity index (χ2v) is 24.6. The number of esters is 1. The fraction of sp³-hybridized carbons (Fsp3) is 0.944. The first-order chi connectivity index (χ1) is 38.0. The SMILES string of the molecule is CCCCCCCCCCCCCCCCCCCCCCCCCCC(O)C(CO)NC(=O)CCCCCCCCCCC/C=C\CCCCCCCCCCCCCCOC(=O)CCCCCCCCCCCCC. The predicted molar refractivity (Wildman–Crippen MR) is 338 cm³/mol. The highest BCUT2D eigenvalue weighted by atomic mass is 16.5. The van der Waals surface area contributed by atoms with E-state index >= 15 is 0 Å². The van der Waals surface area contributed by atoms with Crippen molar-refractivity contribution in [3.8, 4) is 0 Å². The van der Waals surface area contributed by atoms with Gasteiger partial charge in [-0.15, -0.1) is 0 Å². The van der Waals surface area contributed by atoms with Gasteiger partial charge in [0, 0.05) is 12.8 Å². The van der Waals surface area contributed by atoms with Crippen LogP contribution in [0.1, 0.15) is 406 Å². The largest absolute Gasteiger partial charge is 0.466 e. The highest BCUT2D eigenvalue weighted by Gasteiger charge is 2.20. The third kappa shape index (κ3) is 63.6. The summed E-state index contributed by atoms with van der Waals surface area (Å²) in [5, 5.41) is 23.4. The molecule has 0 aromatic rings. The molecular weight excluding hydrogens is 947 g/mol. The van der Waals surface area contributed by atoms with Crippen molar-refractivity contribution in [1.29, 1.82) is 0 Å². The molecule has 1 amide bonds. The lowest BCUT2D eigenvalue weighted by Crippen LogP contribution is -2.45. The molecule has 0 fully saturated rings. The summed E-state index contributed by atoms with van der Waals surface area (Å²) < 4.78 is 5.47. The fourth-order valence-electron chi connectivity index (χ4n) is 11.4. The van der Waals surface area contributed by atoms with Gasteiger partial charge in [-0.2, -0.15) is 0 Å². The van der Waals surface area contributed by atoms with E-state index in [-0.39, 0.29) is 18.5 Å². The Morgan fingerprint density at radius 3 is 0.922 bits per heavy atom. The summed E-state index contributed by atoms with van der Waals surface area (Å²) in [6, 6.07) is -0.544. The zero-order valence-corrected chi connectivity index (χ0v) is 52.5. The van der Waals surface area contributed by atoms with Gasteiger partial charge in [-0.1, -0.05) is 353 Å². The van der Waals surface area contributed by atoms with Gasteiger partial charge in [0.1, 0.15) is 0 Å². The number of allylic oxidation sites excluding steroid dienone is 2. The van der Waals surface area contributed by atoms with Gasteiger partial charge >= 0.3 is 5.97 Å². The van der Waals surface area contributed by atoms with Crippen molar-refractivity contribution in [3.05, 3.63) is 12.2 Å². The molecule has 0 heterocycles. The van der Waals surface area contributed by atoms with Crippen molar-refractivity contribution in [1.82, 2.24) is 5.32 Å². The average Bonchev–Trinajstić information content (AvgIpc) is 3.43. The van der Waals surface area contributed by atoms with Gasteiger partial charge in [-0.3, -0.25) is 9.59 Å². The Balaban J connectivity index is 3.39. The Bertz CT molecular complexity index is 1160. The maximum atomic E-state index is 12.6. The lowest BCUT2D eigenvalue weighted by molar-refractivity contribution is -0.143. The summed E-state index contributed by atoms with van der Waals surface area (Å²) >= 11 is 0. The van der Waals surface area contributed by atoms with Crippen molar-refractivity contribution in [2.45, 2.75) is 418 Å². The molecule has 2 unspecified atom stereocenters. The number of hydrogen-bond donors (Lipinski definition) is 3. The van der Waals surface area contributed by atoms with Crippen LogP contribution in [-0.2, 0) is 14.3 Å². The lowest BCUT2D eigenvalue weighted by atomic mass is 10.0. The molecule has 458 valence electrons. The molecular formula is C71H139NO5. The van der Waals surface area contributed by atoms with Crippen LogP contribution in [0, 0.1) is 0 Å². The van der Waals surface area contributed by atoms with Crippen molar-refractivity contribution in [3.63, 3.8) is 0 Å². The third-order valence-electron chi connectivity index (χ3n) is 16.8. The second-order valence-electron chi connectivity index (χ2n) is 24.6. The molecule has 77 heavy (non-hydrogen) atoms. The lowest BCUT2D eigenvalue weighted by Gasteiger charge is -2.22. The molecule has 0 aliphatic carbocycles. The first-order valence-corrected chi connectivity index (χ1v) is 35.4. The van der Waals surface area contributed by atoms with Gasteiger partial charge in [-0.05, 0) is 51.4 Å². The molecule has 6 heteroatoms. The Kier molecular flexibility index (Phi) is 65.9. The molecule has 3 N–H and O–H groups in total. The summed E-state index contributed by atoms with van der Waals surface area (Å²) in [6.07, 6.45) is 82.6. The Morgan fingerprint density at radius 1 is 0.351 bits per heavy atom. The zero-order chi connectivity index (χ0) is 55.7. The quantitative estimate of drug-likeness (QED) is 0.0320. The van der Waals surface area contributed by atoms with Crippen LogP contribution in [0.5, 0.6) is 0 Å². The normalized spacial score (nSPS) is 12.5. The summed E-state index contributed by atoms with van der Waals surface area (Å²) in [5.41, 5.74) is 0. The summed E-state index contributed by atoms with van der Waals surface area (Å²) in [4.78, 5) is 24.6. The Labute approximate surface area is 482 Å². The van der Waals surface area contributed by atoms with Crippen molar-refractivity contribution in [2.24, 2.45) is 0 Å². The Morgan fingerprint density at radius 2 is 0.610 bits per heavy atom. The number of hydrogen-bond acceptors (Lipinski definition) is 5. The van der Waals surface area contributed by atoms with E-state index in [1.165, 1.54) is 334 Å². The van der Waals surface area contributed by atoms with Crippen LogP contribution in [0.4, 0.5) is 0 Å². The molecule has 0 aliphatic rings. The van der Waals surface area contributed by atoms with Gasteiger partial charge in [0.2, 0.25) is 5.91 Å². The molecule has 0 bridgehead atoms. The number of nitrogens with one attached hydrogen (secondary N) is 1. The van der Waals surface area contributed by atoms with E-state index < -0.39 is 12.1 Å². The fourth-order valence-corrected chi connectivity index (χ4v) is 11.4. The first-order valence-electron chi connectivity index (χ1n) is 35.4. The number of rotatable bonds is 67. The van der Waals surface area contributed by atoms with Crippen LogP contribution in [0.2, 0.25) is 0 Å². The number of aliphatic hydroxyl groups excluding tert-OH is 2. The summed E-state index contributed by atoms with van der Waals surface area (Å²) in [6.45, 7) is 4.99. The topological polar surface area (TPSA) is 95.9 Å². The molecule has 0 saturated carbocycles. The smallest absolute Gasteiger partial charge is 0.305 e. The first kappa shape index (κ1) is 75.6. The number of carbonyl (C=O) groups excluding carboxylic acids is 2. The van der Waals surface area contributed by atoms with Crippen LogP contribution < -0.4 is 5.32 Å². The van der Waals surface area contributed by atoms with Crippen molar-refractivity contribution in [2.75, 3.05) is 13.2 Å². The minimum Gasteiger partial charge on any atom is -0.466 e. The standard InChI is InChI=1S/C71H139NO5/c1-3-5-7-9-11-13-15-16-17-18-19-20-21-25-28-31-34-37-40-44-47-51-55-59-63-69(74)68(67-73)72-70(75)64-60-56-52-48-45-41-38-35-32-29-26-23-22-24-27-30-33-36-39-42-46-50-54-58-62-66-77-71(76)65-61-57-53-49-43-14-12-10-8-6-4-2/h23,26,68-69,73-74H,3-22,24-25,27-67H2,1-2H3,(H,72,75)/b26-23-. The molecule has 0 spiro atoms. The number of amides is 1. The maximum absolute atomic E-state index is 12.6. The molecule has 0 aromatic carbocycles. The average molecular weight is 1090 g/mol. The molecule has 0 saturated heterocycles. The zero-order valence-electron chi connectivity index (χ0n) is 52.5. The Hall–Kier alpha value is -1.40. The minimum atomic E-state index is -0.667. The van der Waals surface area contributed by atoms with Crippen LogP contribution >= 0.6 is 0 Å². The predicted octanol–water partition coefficient (Wildman–Crippen LogP) is 22.8. The van der Waals surface area contributed by atoms with E-state index in [1.54, 1.807) is 0 Å². The van der Waals surface area contributed by atoms with E-state index in [2.05, 4.69) is 31.3 Å². The highest BCUT2D eigenvalue weighted by molar-refractivity contribution is 5.76. The number of carbonyl (C=O) groups is 2. The van der Waals surface area contributed by atoms with E-state index in [4.69, 9.17) is 4.74 Å². The monoisotopic (exact) mass is 1090 g/mol. The second kappa shape index (κ2) is 67.1. The summed E-state index contributed by atoms with van der Waals surface area (Å²) in [5.74, 6) is -0.0185. The highest BCUT2D eigenvalue weighted by Crippen LogP contribution is 2.19. The number of aliphatic hydroxyl groups is 2. The number of unbranched alkanes of at least 4 members (excludes halogenated alkanes) is 54. The molecule has 0 aliphatic heterocycles. The molecule has 6 nitrogen and oxygen atoms in total. The minimum absolute atomic E-state index is 0.0142. The van der Waals surface area contributed by atoms with Gasteiger partial charge in [-0.25, -0.2) is 0 Å². The maximum Gasteiger partial charge on any atom is 0.305 e. The molecule has 2 atom stereocenters. The molecule has 0 rings (SSSR count). The van der Waals surface area contributed by atoms with Crippen molar-refractivity contribution < 1.29 is 24.5 Å². The van der Waals surface area contributed by atoms with Crippen LogP contribution in [0.3, 0.4) is 0 Å². The van der Waals surface area contributed by atoms with E-state index in [0.717, 1.165) is 38.5 Å². The van der Waals surface area contributed by atoms with Gasteiger partial charge in [0.15, 0.2) is 0 Å². The van der Waals surface area contributed by atoms with Crippen LogP contribution in [-0.4, -0.2) is 47.4 Å². The molecule has 0 radical (unpaired) electrons. The van der Waals surface area contributed by atoms with E-state index in [9.17, 15) is 19.8 Å². The van der Waals surface area contributed by atoms with Crippen LogP contribution in [0.15, 0.2) is 12.2 Å². The molecule has 0 aromatic heterocycles. The number of ether oxygens (including phenoxy) is 1. The van der Waals surface area contributed by atoms with E-state index in [1.807, 2.05) is 0 Å². The summed E-state index contributed by atoms with van der Waals surface area (Å²) in [7, 11) is 0. The third-order valence-corrected chi connectivity index (χ3v) is 16.8. The van der Waals surface area contributed by atoms with E-state index in [0.29, 0.717) is 25.9 Å². The van der Waals surface area contributed by atoms with Gasteiger partial charge < -0.3 is 20.3 Å². The van der Waals surface area contributed by atoms with Gasteiger partial charge in [0.05, 0.1) is 25.4 Å².